The lowest BCUT2D eigenvalue weighted by Gasteiger charge is -2.24. The molecular weight excluding hydrogens is 232 g/mol. The number of aliphatic carboxylic acids is 1. The summed E-state index contributed by atoms with van der Waals surface area (Å²) < 4.78 is 0. The van der Waals surface area contributed by atoms with Gasteiger partial charge in [0.15, 0.2) is 0 Å². The number of carbonyl (C=O) groups is 2. The van der Waals surface area contributed by atoms with Crippen molar-refractivity contribution < 1.29 is 14.7 Å². The Hall–Kier alpha value is -1.10. The highest BCUT2D eigenvalue weighted by atomic mass is 16.4. The topological polar surface area (TPSA) is 78.4 Å². The Morgan fingerprint density at radius 2 is 2.22 bits per heavy atom. The second-order valence-electron chi connectivity index (χ2n) is 5.19. The first-order chi connectivity index (χ1) is 8.54. The summed E-state index contributed by atoms with van der Waals surface area (Å²) in [7, 11) is 0. The summed E-state index contributed by atoms with van der Waals surface area (Å²) >= 11 is 0. The molecule has 0 saturated carbocycles. The van der Waals surface area contributed by atoms with Crippen molar-refractivity contribution in [3.05, 3.63) is 0 Å². The van der Waals surface area contributed by atoms with Crippen LogP contribution >= 0.6 is 0 Å². The van der Waals surface area contributed by atoms with Crippen molar-refractivity contribution in [2.45, 2.75) is 45.6 Å². The van der Waals surface area contributed by atoms with Crippen LogP contribution in [0.1, 0.15) is 39.5 Å². The van der Waals surface area contributed by atoms with E-state index in [0.717, 1.165) is 32.4 Å². The van der Waals surface area contributed by atoms with Crippen LogP contribution in [0, 0.1) is 11.8 Å². The second kappa shape index (κ2) is 7.36. The molecule has 0 bridgehead atoms. The first kappa shape index (κ1) is 15.0. The number of carboxylic acid groups (broad SMARTS) is 1. The minimum Gasteiger partial charge on any atom is -0.480 e. The van der Waals surface area contributed by atoms with Gasteiger partial charge in [0.2, 0.25) is 5.91 Å². The van der Waals surface area contributed by atoms with Crippen molar-refractivity contribution in [2.75, 3.05) is 13.1 Å². The second-order valence-corrected chi connectivity index (χ2v) is 5.19. The molecule has 5 heteroatoms. The molecule has 1 aliphatic rings. The number of carbonyl (C=O) groups excluding carboxylic acids is 1. The van der Waals surface area contributed by atoms with E-state index in [1.807, 2.05) is 13.8 Å². The van der Waals surface area contributed by atoms with Gasteiger partial charge in [-0.3, -0.25) is 4.79 Å². The maximum atomic E-state index is 11.8. The molecule has 1 heterocycles. The van der Waals surface area contributed by atoms with Gasteiger partial charge in [-0.15, -0.1) is 0 Å². The van der Waals surface area contributed by atoms with Gasteiger partial charge < -0.3 is 15.7 Å². The van der Waals surface area contributed by atoms with Gasteiger partial charge in [-0.05, 0) is 37.8 Å². The summed E-state index contributed by atoms with van der Waals surface area (Å²) in [6.45, 7) is 5.65. The normalized spacial score (nSPS) is 23.1. The van der Waals surface area contributed by atoms with E-state index in [-0.39, 0.29) is 11.8 Å². The van der Waals surface area contributed by atoms with Gasteiger partial charge >= 0.3 is 5.97 Å². The molecule has 0 spiro atoms. The first-order valence-electron chi connectivity index (χ1n) is 6.77. The number of piperidine rings is 1. The first-order valence-corrected chi connectivity index (χ1v) is 6.77. The average Bonchev–Trinajstić information content (AvgIpc) is 2.36. The molecule has 1 amide bonds. The minimum absolute atomic E-state index is 0.0454. The molecule has 0 radical (unpaired) electrons. The molecule has 0 aliphatic carbocycles. The molecule has 0 aromatic carbocycles. The summed E-state index contributed by atoms with van der Waals surface area (Å²) in [4.78, 5) is 22.9. The molecule has 1 aliphatic heterocycles. The van der Waals surface area contributed by atoms with Crippen LogP contribution in [0.4, 0.5) is 0 Å². The average molecular weight is 256 g/mol. The lowest BCUT2D eigenvalue weighted by molar-refractivity contribution is -0.143. The third-order valence-electron chi connectivity index (χ3n) is 3.67. The molecule has 104 valence electrons. The van der Waals surface area contributed by atoms with E-state index >= 15 is 0 Å². The lowest BCUT2D eigenvalue weighted by atomic mass is 9.94. The van der Waals surface area contributed by atoms with Gasteiger partial charge in [-0.1, -0.05) is 20.3 Å². The van der Waals surface area contributed by atoms with Crippen LogP contribution in [-0.4, -0.2) is 36.1 Å². The number of nitrogens with one attached hydrogen (secondary N) is 2. The van der Waals surface area contributed by atoms with Crippen molar-refractivity contribution >= 4 is 11.9 Å². The SMILES string of the molecule is CCC(C)[C@H](NC(=O)CC1CCCNC1)C(=O)O. The lowest BCUT2D eigenvalue weighted by Crippen LogP contribution is -2.46. The fraction of sp³-hybridized carbons (Fsp3) is 0.846. The molecule has 1 saturated heterocycles. The van der Waals surface area contributed by atoms with Gasteiger partial charge in [-0.2, -0.15) is 0 Å². The van der Waals surface area contributed by atoms with Crippen LogP contribution in [0.5, 0.6) is 0 Å². The quantitative estimate of drug-likeness (QED) is 0.662. The molecular formula is C13H24N2O3. The molecule has 0 aromatic heterocycles. The van der Waals surface area contributed by atoms with Crippen LogP contribution in [0.2, 0.25) is 0 Å². The molecule has 3 atom stereocenters. The largest absolute Gasteiger partial charge is 0.480 e. The van der Waals surface area contributed by atoms with Gasteiger partial charge in [-0.25, -0.2) is 4.79 Å². The van der Waals surface area contributed by atoms with E-state index in [1.165, 1.54) is 0 Å². The number of carboxylic acids is 1. The van der Waals surface area contributed by atoms with Gasteiger partial charge in [0, 0.05) is 6.42 Å². The predicted octanol–water partition coefficient (Wildman–Crippen LogP) is 0.992. The summed E-state index contributed by atoms with van der Waals surface area (Å²) in [5.41, 5.74) is 0. The number of amides is 1. The van der Waals surface area contributed by atoms with Gasteiger partial charge in [0.1, 0.15) is 6.04 Å². The third kappa shape index (κ3) is 4.64. The summed E-state index contributed by atoms with van der Waals surface area (Å²) in [5, 5.41) is 15.0. The standard InChI is InChI=1S/C13H24N2O3/c1-3-9(2)12(13(17)18)15-11(16)7-10-5-4-6-14-8-10/h9-10,12,14H,3-8H2,1-2H3,(H,15,16)(H,17,18)/t9?,10?,12-/m0/s1. The molecule has 1 fully saturated rings. The fourth-order valence-electron chi connectivity index (χ4n) is 2.28. The maximum absolute atomic E-state index is 11.8. The minimum atomic E-state index is -0.945. The van der Waals surface area contributed by atoms with E-state index in [4.69, 9.17) is 5.11 Å². The van der Waals surface area contributed by atoms with Crippen LogP contribution in [0.3, 0.4) is 0 Å². The molecule has 2 unspecified atom stereocenters. The summed E-state index contributed by atoms with van der Waals surface area (Å²) in [6, 6.07) is -0.765. The Morgan fingerprint density at radius 1 is 1.50 bits per heavy atom. The van der Waals surface area contributed by atoms with Crippen LogP contribution in [0.25, 0.3) is 0 Å². The number of hydrogen-bond acceptors (Lipinski definition) is 3. The van der Waals surface area contributed by atoms with E-state index in [9.17, 15) is 9.59 Å². The van der Waals surface area contributed by atoms with Crippen molar-refractivity contribution in [2.24, 2.45) is 11.8 Å². The molecule has 18 heavy (non-hydrogen) atoms. The van der Waals surface area contributed by atoms with Gasteiger partial charge in [0.25, 0.3) is 0 Å². The Balaban J connectivity index is 2.42. The Morgan fingerprint density at radius 3 is 2.72 bits per heavy atom. The van der Waals surface area contributed by atoms with E-state index < -0.39 is 12.0 Å². The van der Waals surface area contributed by atoms with Crippen LogP contribution < -0.4 is 10.6 Å². The highest BCUT2D eigenvalue weighted by Gasteiger charge is 2.26. The van der Waals surface area contributed by atoms with Crippen molar-refractivity contribution in [1.29, 1.82) is 0 Å². The number of hydrogen-bond donors (Lipinski definition) is 3. The van der Waals surface area contributed by atoms with Crippen molar-refractivity contribution in [3.8, 4) is 0 Å². The van der Waals surface area contributed by atoms with Crippen molar-refractivity contribution in [1.82, 2.24) is 10.6 Å². The zero-order valence-electron chi connectivity index (χ0n) is 11.2. The Kier molecular flexibility index (Phi) is 6.12. The van der Waals surface area contributed by atoms with Crippen LogP contribution in [0.15, 0.2) is 0 Å². The highest BCUT2D eigenvalue weighted by molar-refractivity contribution is 5.83. The molecule has 0 aromatic rings. The van der Waals surface area contributed by atoms with E-state index in [2.05, 4.69) is 10.6 Å². The zero-order chi connectivity index (χ0) is 13.5. The van der Waals surface area contributed by atoms with E-state index in [1.54, 1.807) is 0 Å². The predicted molar refractivity (Wildman–Crippen MR) is 69.2 cm³/mol. The fourth-order valence-corrected chi connectivity index (χ4v) is 2.28. The maximum Gasteiger partial charge on any atom is 0.326 e. The molecule has 5 nitrogen and oxygen atoms in total. The smallest absolute Gasteiger partial charge is 0.326 e. The molecule has 1 rings (SSSR count). The van der Waals surface area contributed by atoms with Gasteiger partial charge in [0.05, 0.1) is 0 Å². The Labute approximate surface area is 108 Å². The summed E-state index contributed by atoms with van der Waals surface area (Å²) in [5.74, 6) is -0.795. The zero-order valence-corrected chi connectivity index (χ0v) is 11.2. The third-order valence-corrected chi connectivity index (χ3v) is 3.67. The summed E-state index contributed by atoms with van der Waals surface area (Å²) in [6.07, 6.45) is 3.29. The highest BCUT2D eigenvalue weighted by Crippen LogP contribution is 2.15. The molecule has 3 N–H and O–H groups in total. The monoisotopic (exact) mass is 256 g/mol. The van der Waals surface area contributed by atoms with Crippen LogP contribution in [-0.2, 0) is 9.59 Å². The van der Waals surface area contributed by atoms with Crippen molar-refractivity contribution in [3.63, 3.8) is 0 Å². The van der Waals surface area contributed by atoms with E-state index in [0.29, 0.717) is 12.3 Å². The Bertz CT molecular complexity index is 288. The number of rotatable bonds is 6.